The van der Waals surface area contributed by atoms with Gasteiger partial charge < -0.3 is 10.2 Å². The number of sulfone groups is 1. The normalized spacial score (nSPS) is 24.1. The first-order valence-electron chi connectivity index (χ1n) is 7.79. The fraction of sp³-hybridized carbons (Fsp3) is 0.533. The zero-order valence-corrected chi connectivity index (χ0v) is 13.9. The Bertz CT molecular complexity index is 733. The third kappa shape index (κ3) is 3.84. The quantitative estimate of drug-likeness (QED) is 0.864. The summed E-state index contributed by atoms with van der Waals surface area (Å²) in [6, 6.07) is 2.56. The maximum atomic E-state index is 13.6. The lowest BCUT2D eigenvalue weighted by atomic mass is 10.2. The largest absolute Gasteiger partial charge is 0.322 e. The third-order valence-electron chi connectivity index (χ3n) is 4.50. The molecule has 1 N–H and O–H groups in total. The van der Waals surface area contributed by atoms with Gasteiger partial charge in [0.2, 0.25) is 0 Å². The zero-order chi connectivity index (χ0) is 17.3. The number of piperazine rings is 1. The SMILES string of the molecule is O=C(Nc1ccc(F)cc1F)N1CCN(C2CCS(=O)(=O)C2)CC1. The van der Waals surface area contributed by atoms with Gasteiger partial charge in [0.1, 0.15) is 11.6 Å². The highest BCUT2D eigenvalue weighted by Crippen LogP contribution is 2.20. The van der Waals surface area contributed by atoms with Crippen molar-refractivity contribution in [1.82, 2.24) is 9.80 Å². The number of carbonyl (C=O) groups excluding carboxylic acids is 1. The van der Waals surface area contributed by atoms with Crippen LogP contribution in [0, 0.1) is 11.6 Å². The van der Waals surface area contributed by atoms with Crippen LogP contribution in [0.2, 0.25) is 0 Å². The number of nitrogens with zero attached hydrogens (tertiary/aromatic N) is 2. The lowest BCUT2D eigenvalue weighted by molar-refractivity contribution is 0.121. The van der Waals surface area contributed by atoms with Crippen molar-refractivity contribution < 1.29 is 22.0 Å². The Morgan fingerprint density at radius 1 is 1.17 bits per heavy atom. The third-order valence-corrected chi connectivity index (χ3v) is 6.25. The molecule has 132 valence electrons. The van der Waals surface area contributed by atoms with Gasteiger partial charge in [-0.2, -0.15) is 0 Å². The van der Waals surface area contributed by atoms with E-state index >= 15 is 0 Å². The van der Waals surface area contributed by atoms with Crippen molar-refractivity contribution >= 4 is 21.6 Å². The Kier molecular flexibility index (Phi) is 4.73. The van der Waals surface area contributed by atoms with Crippen LogP contribution < -0.4 is 5.32 Å². The number of hydrogen-bond donors (Lipinski definition) is 1. The minimum atomic E-state index is -2.93. The van der Waals surface area contributed by atoms with E-state index in [2.05, 4.69) is 10.2 Å². The van der Waals surface area contributed by atoms with Crippen molar-refractivity contribution in [3.05, 3.63) is 29.8 Å². The monoisotopic (exact) mass is 359 g/mol. The predicted octanol–water partition coefficient (Wildman–Crippen LogP) is 1.30. The molecule has 0 aliphatic carbocycles. The topological polar surface area (TPSA) is 69.7 Å². The maximum absolute atomic E-state index is 13.6. The van der Waals surface area contributed by atoms with Crippen LogP contribution in [0.1, 0.15) is 6.42 Å². The number of hydrogen-bond acceptors (Lipinski definition) is 4. The maximum Gasteiger partial charge on any atom is 0.322 e. The average Bonchev–Trinajstić information content (AvgIpc) is 2.90. The Morgan fingerprint density at radius 3 is 2.46 bits per heavy atom. The number of amides is 2. The molecule has 0 spiro atoms. The molecule has 1 atom stereocenters. The summed E-state index contributed by atoms with van der Waals surface area (Å²) >= 11 is 0. The van der Waals surface area contributed by atoms with Gasteiger partial charge >= 0.3 is 6.03 Å². The number of benzene rings is 1. The van der Waals surface area contributed by atoms with Gasteiger partial charge in [-0.25, -0.2) is 22.0 Å². The van der Waals surface area contributed by atoms with Crippen LogP contribution in [0.5, 0.6) is 0 Å². The van der Waals surface area contributed by atoms with E-state index in [0.29, 0.717) is 38.7 Å². The van der Waals surface area contributed by atoms with Crippen LogP contribution in [-0.2, 0) is 9.84 Å². The molecule has 24 heavy (non-hydrogen) atoms. The molecule has 2 aliphatic heterocycles. The van der Waals surface area contributed by atoms with Crippen molar-refractivity contribution in [1.29, 1.82) is 0 Å². The average molecular weight is 359 g/mol. The number of rotatable bonds is 2. The first-order valence-corrected chi connectivity index (χ1v) is 9.62. The fourth-order valence-electron chi connectivity index (χ4n) is 3.14. The van der Waals surface area contributed by atoms with Crippen molar-refractivity contribution in [2.24, 2.45) is 0 Å². The summed E-state index contributed by atoms with van der Waals surface area (Å²) in [6.07, 6.45) is 0.634. The van der Waals surface area contributed by atoms with Gasteiger partial charge in [-0.15, -0.1) is 0 Å². The zero-order valence-electron chi connectivity index (χ0n) is 13.0. The molecule has 6 nitrogen and oxygen atoms in total. The Labute approximate surface area is 139 Å². The molecule has 1 aromatic rings. The summed E-state index contributed by atoms with van der Waals surface area (Å²) in [7, 11) is -2.93. The molecule has 2 saturated heterocycles. The van der Waals surface area contributed by atoms with Crippen LogP contribution in [0.15, 0.2) is 18.2 Å². The molecular formula is C15H19F2N3O3S. The van der Waals surface area contributed by atoms with Crippen LogP contribution in [-0.4, -0.2) is 68.0 Å². The second-order valence-corrected chi connectivity index (χ2v) is 8.36. The van der Waals surface area contributed by atoms with Gasteiger partial charge in [-0.1, -0.05) is 0 Å². The second kappa shape index (κ2) is 6.64. The van der Waals surface area contributed by atoms with Gasteiger partial charge in [0, 0.05) is 38.3 Å². The van der Waals surface area contributed by atoms with E-state index in [-0.39, 0.29) is 23.2 Å². The molecule has 0 aromatic heterocycles. The summed E-state index contributed by atoms with van der Waals surface area (Å²) in [5.74, 6) is -1.12. The Balaban J connectivity index is 1.53. The molecule has 2 fully saturated rings. The van der Waals surface area contributed by atoms with E-state index in [0.717, 1.165) is 6.07 Å². The first kappa shape index (κ1) is 17.1. The molecule has 2 heterocycles. The molecule has 2 aliphatic rings. The van der Waals surface area contributed by atoms with Crippen molar-refractivity contribution in [2.75, 3.05) is 43.0 Å². The summed E-state index contributed by atoms with van der Waals surface area (Å²) in [4.78, 5) is 15.8. The summed E-state index contributed by atoms with van der Waals surface area (Å²) < 4.78 is 49.6. The molecular weight excluding hydrogens is 340 g/mol. The van der Waals surface area contributed by atoms with Crippen LogP contribution in [0.25, 0.3) is 0 Å². The lowest BCUT2D eigenvalue weighted by Crippen LogP contribution is -2.53. The number of nitrogens with one attached hydrogen (secondary N) is 1. The second-order valence-electron chi connectivity index (χ2n) is 6.13. The van der Waals surface area contributed by atoms with E-state index in [1.807, 2.05) is 0 Å². The summed E-state index contributed by atoms with van der Waals surface area (Å²) in [6.45, 7) is 2.04. The highest BCUT2D eigenvalue weighted by molar-refractivity contribution is 7.91. The standard InChI is InChI=1S/C15H19F2N3O3S/c16-11-1-2-14(13(17)9-11)18-15(21)20-6-4-19(5-7-20)12-3-8-24(22,23)10-12/h1-2,9,12H,3-8,10H2,(H,18,21). The molecule has 0 bridgehead atoms. The molecule has 2 amide bonds. The highest BCUT2D eigenvalue weighted by Gasteiger charge is 2.34. The molecule has 0 radical (unpaired) electrons. The Morgan fingerprint density at radius 2 is 1.88 bits per heavy atom. The van der Waals surface area contributed by atoms with Crippen LogP contribution >= 0.6 is 0 Å². The van der Waals surface area contributed by atoms with Crippen LogP contribution in [0.3, 0.4) is 0 Å². The Hall–Kier alpha value is -1.74. The summed E-state index contributed by atoms with van der Waals surface area (Å²) in [5, 5.41) is 2.44. The van der Waals surface area contributed by atoms with E-state index in [4.69, 9.17) is 0 Å². The molecule has 3 rings (SSSR count). The van der Waals surface area contributed by atoms with E-state index in [1.165, 1.54) is 6.07 Å². The van der Waals surface area contributed by atoms with Crippen molar-refractivity contribution in [3.63, 3.8) is 0 Å². The predicted molar refractivity (Wildman–Crippen MR) is 85.6 cm³/mol. The van der Waals surface area contributed by atoms with Gasteiger partial charge in [0.05, 0.1) is 17.2 Å². The minimum Gasteiger partial charge on any atom is -0.322 e. The summed E-state index contributed by atoms with van der Waals surface area (Å²) in [5.41, 5.74) is -0.0642. The lowest BCUT2D eigenvalue weighted by Gasteiger charge is -2.37. The number of urea groups is 1. The van der Waals surface area contributed by atoms with Gasteiger partial charge in [0.25, 0.3) is 0 Å². The molecule has 0 saturated carbocycles. The number of carbonyl (C=O) groups is 1. The minimum absolute atomic E-state index is 0.0229. The smallest absolute Gasteiger partial charge is 0.322 e. The molecule has 1 unspecified atom stereocenters. The molecule has 1 aromatic carbocycles. The van der Waals surface area contributed by atoms with Gasteiger partial charge in [0.15, 0.2) is 9.84 Å². The van der Waals surface area contributed by atoms with Crippen molar-refractivity contribution in [3.8, 4) is 0 Å². The van der Waals surface area contributed by atoms with E-state index in [1.54, 1.807) is 4.90 Å². The first-order chi connectivity index (χ1) is 11.3. The van der Waals surface area contributed by atoms with E-state index < -0.39 is 27.5 Å². The number of anilines is 1. The fourth-order valence-corrected chi connectivity index (χ4v) is 4.90. The van der Waals surface area contributed by atoms with E-state index in [9.17, 15) is 22.0 Å². The molecule has 9 heteroatoms. The van der Waals surface area contributed by atoms with Gasteiger partial charge in [-0.3, -0.25) is 4.90 Å². The van der Waals surface area contributed by atoms with Crippen LogP contribution in [0.4, 0.5) is 19.3 Å². The number of halogens is 2. The highest BCUT2D eigenvalue weighted by atomic mass is 32.2. The van der Waals surface area contributed by atoms with Crippen molar-refractivity contribution in [2.45, 2.75) is 12.5 Å². The van der Waals surface area contributed by atoms with Gasteiger partial charge in [-0.05, 0) is 18.6 Å².